The van der Waals surface area contributed by atoms with Crippen LogP contribution >= 0.6 is 11.6 Å². The Kier molecular flexibility index (Phi) is 2.66. The molecule has 1 aromatic heterocycles. The van der Waals surface area contributed by atoms with E-state index in [1.54, 1.807) is 19.9 Å². The highest BCUT2D eigenvalue weighted by molar-refractivity contribution is 6.35. The highest BCUT2D eigenvalue weighted by atomic mass is 35.5. The van der Waals surface area contributed by atoms with Crippen molar-refractivity contribution in [3.63, 3.8) is 0 Å². The molecule has 4 heteroatoms. The van der Waals surface area contributed by atoms with Gasteiger partial charge in [0, 0.05) is 28.7 Å². The molecule has 3 nitrogen and oxygen atoms in total. The Balaban J connectivity index is 2.77. The molecule has 0 atom stereocenters. The van der Waals surface area contributed by atoms with Gasteiger partial charge < -0.3 is 9.67 Å². The van der Waals surface area contributed by atoms with Crippen LogP contribution in [0.4, 0.5) is 0 Å². The van der Waals surface area contributed by atoms with Gasteiger partial charge in [-0.3, -0.25) is 4.79 Å². The van der Waals surface area contributed by atoms with E-state index in [0.29, 0.717) is 5.02 Å². The lowest BCUT2D eigenvalue weighted by Gasteiger charge is -2.20. The number of carbonyl (C=O) groups is 1. The van der Waals surface area contributed by atoms with Gasteiger partial charge >= 0.3 is 5.97 Å². The van der Waals surface area contributed by atoms with E-state index in [0.717, 1.165) is 16.6 Å². The molecule has 1 aromatic carbocycles. The predicted molar refractivity (Wildman–Crippen MR) is 68.6 cm³/mol. The second-order valence-electron chi connectivity index (χ2n) is 4.69. The molecule has 0 radical (unpaired) electrons. The summed E-state index contributed by atoms with van der Waals surface area (Å²) in [6, 6.07) is 7.46. The first-order chi connectivity index (χ1) is 7.85. The van der Waals surface area contributed by atoms with Crippen LogP contribution in [0.2, 0.25) is 5.02 Å². The van der Waals surface area contributed by atoms with E-state index < -0.39 is 11.4 Å². The summed E-state index contributed by atoms with van der Waals surface area (Å²) in [5.74, 6) is -0.848. The largest absolute Gasteiger partial charge is 0.481 e. The van der Waals surface area contributed by atoms with E-state index >= 15 is 0 Å². The van der Waals surface area contributed by atoms with Crippen LogP contribution in [0, 0.1) is 0 Å². The van der Waals surface area contributed by atoms with Gasteiger partial charge in [-0.05, 0) is 32.0 Å². The molecule has 0 amide bonds. The summed E-state index contributed by atoms with van der Waals surface area (Å²) in [6.45, 7) is 3.38. The number of aromatic nitrogens is 1. The molecule has 1 heterocycles. The zero-order chi connectivity index (χ0) is 12.8. The van der Waals surface area contributed by atoms with Gasteiger partial charge in [-0.25, -0.2) is 0 Å². The number of carboxylic acids is 1. The summed E-state index contributed by atoms with van der Waals surface area (Å²) in [6.07, 6.45) is 0. The monoisotopic (exact) mass is 251 g/mol. The Morgan fingerprint density at radius 1 is 1.41 bits per heavy atom. The van der Waals surface area contributed by atoms with Crippen LogP contribution < -0.4 is 0 Å². The van der Waals surface area contributed by atoms with Gasteiger partial charge in [-0.1, -0.05) is 17.7 Å². The summed E-state index contributed by atoms with van der Waals surface area (Å²) in [5.41, 5.74) is 0.756. The van der Waals surface area contributed by atoms with Gasteiger partial charge in [-0.15, -0.1) is 0 Å². The van der Waals surface area contributed by atoms with Crippen LogP contribution in [0.15, 0.2) is 24.3 Å². The SMILES string of the molecule is Cn1c(C(C)(C)C(=O)O)cc2c(Cl)cccc21. The molecule has 1 N–H and O–H groups in total. The van der Waals surface area contributed by atoms with Crippen molar-refractivity contribution in [1.29, 1.82) is 0 Å². The molecule has 2 aromatic rings. The Labute approximate surface area is 105 Å². The highest BCUT2D eigenvalue weighted by Crippen LogP contribution is 2.32. The Hall–Kier alpha value is -1.48. The number of fused-ring (bicyclic) bond motifs is 1. The predicted octanol–water partition coefficient (Wildman–Crippen LogP) is 3.19. The minimum absolute atomic E-state index is 0.644. The number of carboxylic acid groups (broad SMARTS) is 1. The third-order valence-corrected chi connectivity index (χ3v) is 3.54. The lowest BCUT2D eigenvalue weighted by Crippen LogP contribution is -2.30. The summed E-state index contributed by atoms with van der Waals surface area (Å²) in [5, 5.41) is 10.8. The third-order valence-electron chi connectivity index (χ3n) is 3.21. The Morgan fingerprint density at radius 3 is 2.59 bits per heavy atom. The zero-order valence-electron chi connectivity index (χ0n) is 9.99. The fraction of sp³-hybridized carbons (Fsp3) is 0.308. The molecule has 0 saturated carbocycles. The topological polar surface area (TPSA) is 42.2 Å². The van der Waals surface area contributed by atoms with E-state index in [-0.39, 0.29) is 0 Å². The van der Waals surface area contributed by atoms with Crippen LogP contribution in [0.1, 0.15) is 19.5 Å². The van der Waals surface area contributed by atoms with Gasteiger partial charge in [0.2, 0.25) is 0 Å². The average molecular weight is 252 g/mol. The van der Waals surface area contributed by atoms with E-state index in [4.69, 9.17) is 11.6 Å². The maximum absolute atomic E-state index is 11.3. The zero-order valence-corrected chi connectivity index (χ0v) is 10.7. The van der Waals surface area contributed by atoms with E-state index in [9.17, 15) is 9.90 Å². The fourth-order valence-electron chi connectivity index (χ4n) is 2.03. The van der Waals surface area contributed by atoms with Crippen molar-refractivity contribution < 1.29 is 9.90 Å². The third kappa shape index (κ3) is 1.71. The van der Waals surface area contributed by atoms with Crippen LogP contribution in [0.25, 0.3) is 10.9 Å². The molecular formula is C13H14ClNO2. The molecule has 0 saturated heterocycles. The van der Waals surface area contributed by atoms with Crippen molar-refractivity contribution in [3.8, 4) is 0 Å². The quantitative estimate of drug-likeness (QED) is 0.891. The maximum atomic E-state index is 11.3. The molecule has 0 bridgehead atoms. The van der Waals surface area contributed by atoms with Gasteiger partial charge in [0.25, 0.3) is 0 Å². The van der Waals surface area contributed by atoms with Crippen molar-refractivity contribution in [2.45, 2.75) is 19.3 Å². The fourth-order valence-corrected chi connectivity index (χ4v) is 2.26. The number of hydrogen-bond donors (Lipinski definition) is 1. The lowest BCUT2D eigenvalue weighted by atomic mass is 9.89. The molecule has 17 heavy (non-hydrogen) atoms. The Bertz CT molecular complexity index is 599. The first kappa shape index (κ1) is 12.0. The number of aryl methyl sites for hydroxylation is 1. The van der Waals surface area contributed by atoms with Crippen molar-refractivity contribution in [1.82, 2.24) is 4.57 Å². The van der Waals surface area contributed by atoms with Crippen LogP contribution in [0.5, 0.6) is 0 Å². The number of benzene rings is 1. The summed E-state index contributed by atoms with van der Waals surface area (Å²) in [4.78, 5) is 11.3. The second kappa shape index (κ2) is 3.77. The van der Waals surface area contributed by atoms with Crippen molar-refractivity contribution >= 4 is 28.5 Å². The number of aliphatic carboxylic acids is 1. The van der Waals surface area contributed by atoms with E-state index in [2.05, 4.69) is 0 Å². The van der Waals surface area contributed by atoms with Crippen molar-refractivity contribution in [2.75, 3.05) is 0 Å². The van der Waals surface area contributed by atoms with Crippen molar-refractivity contribution in [2.24, 2.45) is 7.05 Å². The number of halogens is 1. The lowest BCUT2D eigenvalue weighted by molar-refractivity contribution is -0.142. The highest BCUT2D eigenvalue weighted by Gasteiger charge is 2.32. The van der Waals surface area contributed by atoms with Crippen LogP contribution in [0.3, 0.4) is 0 Å². The number of nitrogens with zero attached hydrogens (tertiary/aromatic N) is 1. The molecule has 0 aliphatic carbocycles. The first-order valence-corrected chi connectivity index (χ1v) is 5.71. The summed E-state index contributed by atoms with van der Waals surface area (Å²) < 4.78 is 1.88. The van der Waals surface area contributed by atoms with E-state index in [1.807, 2.05) is 29.8 Å². The molecule has 2 rings (SSSR count). The number of hydrogen-bond acceptors (Lipinski definition) is 1. The van der Waals surface area contributed by atoms with Crippen molar-refractivity contribution in [3.05, 3.63) is 35.0 Å². The first-order valence-electron chi connectivity index (χ1n) is 5.33. The molecular weight excluding hydrogens is 238 g/mol. The molecule has 90 valence electrons. The van der Waals surface area contributed by atoms with Gasteiger partial charge in [0.1, 0.15) is 5.41 Å². The molecule has 0 aliphatic heterocycles. The molecule has 0 aliphatic rings. The average Bonchev–Trinajstić information content (AvgIpc) is 2.58. The normalized spacial score (nSPS) is 12.0. The van der Waals surface area contributed by atoms with Crippen LogP contribution in [-0.4, -0.2) is 15.6 Å². The molecule has 0 spiro atoms. The number of rotatable bonds is 2. The van der Waals surface area contributed by atoms with Gasteiger partial charge in [-0.2, -0.15) is 0 Å². The smallest absolute Gasteiger partial charge is 0.315 e. The van der Waals surface area contributed by atoms with Gasteiger partial charge in [0.05, 0.1) is 0 Å². The minimum Gasteiger partial charge on any atom is -0.481 e. The minimum atomic E-state index is -0.933. The van der Waals surface area contributed by atoms with Gasteiger partial charge in [0.15, 0.2) is 0 Å². The standard InChI is InChI=1S/C13H14ClNO2/c1-13(2,12(16)17)11-7-8-9(14)5-4-6-10(8)15(11)3/h4-7H,1-3H3,(H,16,17). The summed E-state index contributed by atoms with van der Waals surface area (Å²) >= 11 is 6.11. The molecule has 0 fully saturated rings. The van der Waals surface area contributed by atoms with E-state index in [1.165, 1.54) is 0 Å². The second-order valence-corrected chi connectivity index (χ2v) is 5.10. The summed E-state index contributed by atoms with van der Waals surface area (Å²) in [7, 11) is 1.86. The maximum Gasteiger partial charge on any atom is 0.315 e. The molecule has 0 unspecified atom stereocenters. The van der Waals surface area contributed by atoms with Crippen LogP contribution in [-0.2, 0) is 17.3 Å². The Morgan fingerprint density at radius 2 is 2.06 bits per heavy atom.